The second-order valence-electron chi connectivity index (χ2n) is 5.36. The maximum atomic E-state index is 12.0. The van der Waals surface area contributed by atoms with Gasteiger partial charge in [-0.3, -0.25) is 4.79 Å². The van der Waals surface area contributed by atoms with E-state index in [-0.39, 0.29) is 11.9 Å². The fourth-order valence-corrected chi connectivity index (χ4v) is 2.72. The van der Waals surface area contributed by atoms with Crippen LogP contribution in [0.5, 0.6) is 5.75 Å². The number of rotatable bonds is 6. The standard InChI is InChI=1S/C16H24N2O2/c1-12(14-7-3-4-8-15(14)20-2)18-16(19)10-9-13-6-5-11-17-13/h3-4,7-8,12-13,17H,5-6,9-11H2,1-2H3,(H,18,19). The van der Waals surface area contributed by atoms with Crippen molar-refractivity contribution in [3.63, 3.8) is 0 Å². The molecule has 0 radical (unpaired) electrons. The van der Waals surface area contributed by atoms with Crippen LogP contribution in [0, 0.1) is 0 Å². The monoisotopic (exact) mass is 276 g/mol. The summed E-state index contributed by atoms with van der Waals surface area (Å²) in [5.41, 5.74) is 1.02. The fraction of sp³-hybridized carbons (Fsp3) is 0.562. The zero-order valence-electron chi connectivity index (χ0n) is 12.3. The Bertz CT molecular complexity index is 442. The van der Waals surface area contributed by atoms with E-state index in [9.17, 15) is 4.79 Å². The van der Waals surface area contributed by atoms with E-state index in [1.807, 2.05) is 31.2 Å². The lowest BCUT2D eigenvalue weighted by Crippen LogP contribution is -2.29. The van der Waals surface area contributed by atoms with E-state index in [2.05, 4.69) is 10.6 Å². The molecule has 1 aliphatic rings. The van der Waals surface area contributed by atoms with Crippen molar-refractivity contribution in [3.8, 4) is 5.75 Å². The van der Waals surface area contributed by atoms with Crippen LogP contribution in [0.2, 0.25) is 0 Å². The highest BCUT2D eigenvalue weighted by Gasteiger charge is 2.17. The van der Waals surface area contributed by atoms with E-state index in [0.29, 0.717) is 12.5 Å². The number of carbonyl (C=O) groups is 1. The van der Waals surface area contributed by atoms with Crippen LogP contribution in [0.25, 0.3) is 0 Å². The lowest BCUT2D eigenvalue weighted by atomic mass is 10.1. The molecule has 2 unspecified atom stereocenters. The Morgan fingerprint density at radius 2 is 2.30 bits per heavy atom. The summed E-state index contributed by atoms with van der Waals surface area (Å²) >= 11 is 0. The van der Waals surface area contributed by atoms with Crippen molar-refractivity contribution in [2.24, 2.45) is 0 Å². The summed E-state index contributed by atoms with van der Waals surface area (Å²) in [6.07, 6.45) is 3.92. The summed E-state index contributed by atoms with van der Waals surface area (Å²) in [6, 6.07) is 8.28. The Morgan fingerprint density at radius 1 is 1.50 bits per heavy atom. The lowest BCUT2D eigenvalue weighted by Gasteiger charge is -2.18. The smallest absolute Gasteiger partial charge is 0.220 e. The first-order chi connectivity index (χ1) is 9.70. The molecule has 1 heterocycles. The van der Waals surface area contributed by atoms with Gasteiger partial charge in [-0.2, -0.15) is 0 Å². The van der Waals surface area contributed by atoms with Crippen LogP contribution in [0.3, 0.4) is 0 Å². The molecular formula is C16H24N2O2. The van der Waals surface area contributed by atoms with Crippen molar-refractivity contribution < 1.29 is 9.53 Å². The number of amides is 1. The Balaban J connectivity index is 1.83. The summed E-state index contributed by atoms with van der Waals surface area (Å²) in [4.78, 5) is 12.0. The maximum absolute atomic E-state index is 12.0. The minimum atomic E-state index is -0.0322. The third-order valence-corrected chi connectivity index (χ3v) is 3.87. The van der Waals surface area contributed by atoms with Gasteiger partial charge in [-0.15, -0.1) is 0 Å². The Morgan fingerprint density at radius 3 is 3.00 bits per heavy atom. The minimum Gasteiger partial charge on any atom is -0.496 e. The average Bonchev–Trinajstić information content (AvgIpc) is 2.98. The molecule has 1 aliphatic heterocycles. The van der Waals surface area contributed by atoms with Gasteiger partial charge < -0.3 is 15.4 Å². The molecule has 4 nitrogen and oxygen atoms in total. The molecular weight excluding hydrogens is 252 g/mol. The molecule has 2 atom stereocenters. The van der Waals surface area contributed by atoms with Gasteiger partial charge in [0.2, 0.25) is 5.91 Å². The fourth-order valence-electron chi connectivity index (χ4n) is 2.72. The van der Waals surface area contributed by atoms with E-state index in [1.54, 1.807) is 7.11 Å². The van der Waals surface area contributed by atoms with Crippen LogP contribution in [-0.4, -0.2) is 25.6 Å². The molecule has 1 aromatic rings. The van der Waals surface area contributed by atoms with Crippen molar-refractivity contribution in [2.75, 3.05) is 13.7 Å². The molecule has 0 saturated carbocycles. The van der Waals surface area contributed by atoms with Crippen LogP contribution in [-0.2, 0) is 4.79 Å². The van der Waals surface area contributed by atoms with Gasteiger partial charge >= 0.3 is 0 Å². The van der Waals surface area contributed by atoms with Crippen LogP contribution in [0.4, 0.5) is 0 Å². The summed E-state index contributed by atoms with van der Waals surface area (Å²) in [5, 5.41) is 6.46. The van der Waals surface area contributed by atoms with Crippen molar-refractivity contribution in [3.05, 3.63) is 29.8 Å². The first kappa shape index (κ1) is 14.9. The topological polar surface area (TPSA) is 50.4 Å². The highest BCUT2D eigenvalue weighted by molar-refractivity contribution is 5.76. The zero-order valence-corrected chi connectivity index (χ0v) is 12.3. The number of para-hydroxylation sites is 1. The average molecular weight is 276 g/mol. The van der Waals surface area contributed by atoms with E-state index in [4.69, 9.17) is 4.74 Å². The normalized spacial score (nSPS) is 19.6. The number of carbonyl (C=O) groups excluding carboxylic acids is 1. The number of benzene rings is 1. The lowest BCUT2D eigenvalue weighted by molar-refractivity contribution is -0.121. The maximum Gasteiger partial charge on any atom is 0.220 e. The highest BCUT2D eigenvalue weighted by Crippen LogP contribution is 2.24. The van der Waals surface area contributed by atoms with E-state index >= 15 is 0 Å². The number of methoxy groups -OCH3 is 1. The second kappa shape index (κ2) is 7.29. The molecule has 0 aromatic heterocycles. The molecule has 1 saturated heterocycles. The van der Waals surface area contributed by atoms with Crippen molar-refractivity contribution in [1.29, 1.82) is 0 Å². The molecule has 0 aliphatic carbocycles. The van der Waals surface area contributed by atoms with E-state index in [1.165, 1.54) is 12.8 Å². The Kier molecular flexibility index (Phi) is 5.41. The molecule has 1 aromatic carbocycles. The second-order valence-corrected chi connectivity index (χ2v) is 5.36. The minimum absolute atomic E-state index is 0.0322. The Hall–Kier alpha value is -1.55. The largest absolute Gasteiger partial charge is 0.496 e. The molecule has 4 heteroatoms. The van der Waals surface area contributed by atoms with Crippen molar-refractivity contribution in [1.82, 2.24) is 10.6 Å². The van der Waals surface area contributed by atoms with Gasteiger partial charge in [0.25, 0.3) is 0 Å². The predicted octanol–water partition coefficient (Wildman–Crippen LogP) is 2.40. The molecule has 110 valence electrons. The highest BCUT2D eigenvalue weighted by atomic mass is 16.5. The molecule has 2 rings (SSSR count). The van der Waals surface area contributed by atoms with Gasteiger partial charge in [0.15, 0.2) is 0 Å². The van der Waals surface area contributed by atoms with Gasteiger partial charge in [0, 0.05) is 18.0 Å². The van der Waals surface area contributed by atoms with Gasteiger partial charge in [0.05, 0.1) is 13.2 Å². The third kappa shape index (κ3) is 3.97. The quantitative estimate of drug-likeness (QED) is 0.839. The van der Waals surface area contributed by atoms with E-state index < -0.39 is 0 Å². The molecule has 0 spiro atoms. The SMILES string of the molecule is COc1ccccc1C(C)NC(=O)CCC1CCCN1. The first-order valence-electron chi connectivity index (χ1n) is 7.36. The summed E-state index contributed by atoms with van der Waals surface area (Å²) < 4.78 is 5.33. The summed E-state index contributed by atoms with van der Waals surface area (Å²) in [6.45, 7) is 3.08. The number of nitrogens with one attached hydrogen (secondary N) is 2. The number of hydrogen-bond acceptors (Lipinski definition) is 3. The van der Waals surface area contributed by atoms with Gasteiger partial charge in [0.1, 0.15) is 5.75 Å². The van der Waals surface area contributed by atoms with Crippen molar-refractivity contribution in [2.45, 2.75) is 44.7 Å². The number of ether oxygens (including phenoxy) is 1. The molecule has 1 fully saturated rings. The zero-order chi connectivity index (χ0) is 14.4. The van der Waals surface area contributed by atoms with Gasteiger partial charge in [-0.05, 0) is 38.8 Å². The molecule has 0 bridgehead atoms. The Labute approximate surface area is 120 Å². The van der Waals surface area contributed by atoms with Gasteiger partial charge in [-0.1, -0.05) is 18.2 Å². The molecule has 20 heavy (non-hydrogen) atoms. The first-order valence-corrected chi connectivity index (χ1v) is 7.36. The van der Waals surface area contributed by atoms with Crippen LogP contribution < -0.4 is 15.4 Å². The molecule has 1 amide bonds. The van der Waals surface area contributed by atoms with E-state index in [0.717, 1.165) is 24.3 Å². The van der Waals surface area contributed by atoms with Crippen LogP contribution in [0.1, 0.15) is 44.2 Å². The van der Waals surface area contributed by atoms with Crippen LogP contribution >= 0.6 is 0 Å². The van der Waals surface area contributed by atoms with Crippen molar-refractivity contribution >= 4 is 5.91 Å². The number of hydrogen-bond donors (Lipinski definition) is 2. The summed E-state index contributed by atoms with van der Waals surface area (Å²) in [5.74, 6) is 0.926. The molecule has 2 N–H and O–H groups in total. The van der Waals surface area contributed by atoms with Gasteiger partial charge in [-0.25, -0.2) is 0 Å². The predicted molar refractivity (Wildman–Crippen MR) is 79.8 cm³/mol. The summed E-state index contributed by atoms with van der Waals surface area (Å²) in [7, 11) is 1.65. The third-order valence-electron chi connectivity index (χ3n) is 3.87. The van der Waals surface area contributed by atoms with Crippen LogP contribution in [0.15, 0.2) is 24.3 Å².